The average Bonchev–Trinajstić information content (AvgIpc) is 2.20. The largest absolute Gasteiger partial charge is 0.0591 e. The molecule has 2 aliphatic rings. The molecule has 0 N–H and O–H groups in total. The molecule has 0 aromatic rings. The van der Waals surface area contributed by atoms with Crippen LogP contribution in [0.3, 0.4) is 0 Å². The van der Waals surface area contributed by atoms with Gasteiger partial charge in [0.25, 0.3) is 0 Å². The van der Waals surface area contributed by atoms with Crippen molar-refractivity contribution >= 4 is 0 Å². The Labute approximate surface area is 65.4 Å². The molecule has 0 nitrogen and oxygen atoms in total. The van der Waals surface area contributed by atoms with Crippen molar-refractivity contribution in [2.75, 3.05) is 0 Å². The monoisotopic (exact) mass is 139 g/mol. The van der Waals surface area contributed by atoms with Crippen LogP contribution >= 0.6 is 0 Å². The first-order valence-electron chi connectivity index (χ1n) is 4.98. The van der Waals surface area contributed by atoms with Crippen LogP contribution in [0.4, 0.5) is 0 Å². The fourth-order valence-corrected chi connectivity index (χ4v) is 2.80. The Morgan fingerprint density at radius 2 is 2.00 bits per heavy atom. The Hall–Kier alpha value is 0. The second kappa shape index (κ2) is 1.60. The van der Waals surface area contributed by atoms with Gasteiger partial charge in [0.05, 0.1) is 0 Å². The third-order valence-corrected chi connectivity index (χ3v) is 4.36. The van der Waals surface area contributed by atoms with Crippen LogP contribution in [-0.2, 0) is 0 Å². The van der Waals surface area contributed by atoms with Gasteiger partial charge in [-0.25, -0.2) is 0 Å². The van der Waals surface area contributed by atoms with E-state index in [9.17, 15) is 0 Å². The number of hydrogen-bond donors (Lipinski definition) is 0. The highest BCUT2D eigenvalue weighted by Crippen LogP contribution is 2.65. The lowest BCUT2D eigenvalue weighted by molar-refractivity contribution is 0.152. The molecule has 3 atom stereocenters. The molecule has 0 saturated heterocycles. The minimum absolute atomic E-state index is 0.219. The molecule has 2 bridgehead atoms. The lowest BCUT2D eigenvalue weighted by Crippen LogP contribution is -2.26. The van der Waals surface area contributed by atoms with Crippen LogP contribution in [0.1, 0.15) is 47.8 Å². The number of hydrogen-bond acceptors (Lipinski definition) is 0. The molecule has 2 aliphatic carbocycles. The summed E-state index contributed by atoms with van der Waals surface area (Å²) >= 11 is 0. The maximum Gasteiger partial charge on any atom is 0.0272 e. The van der Waals surface area contributed by atoms with E-state index in [0.29, 0.717) is 10.8 Å². The van der Waals surface area contributed by atoms with Gasteiger partial charge in [-0.2, -0.15) is 0 Å². The minimum Gasteiger partial charge on any atom is -0.0591 e. The Morgan fingerprint density at radius 1 is 1.30 bits per heavy atom. The van der Waals surface area contributed by atoms with Crippen molar-refractivity contribution in [1.29, 1.82) is 0 Å². The summed E-state index contributed by atoms with van der Waals surface area (Å²) in [6.07, 6.45) is 4.04. The lowest BCUT2D eigenvalue weighted by Gasteiger charge is -2.34. The zero-order valence-corrected chi connectivity index (χ0v) is 7.28. The quantitative estimate of drug-likeness (QED) is 0.483. The molecule has 2 fully saturated rings. The van der Waals surface area contributed by atoms with E-state index in [1.807, 2.05) is 0 Å². The van der Waals surface area contributed by atoms with E-state index in [0.717, 1.165) is 12.3 Å². The molecule has 0 aromatic carbocycles. The topological polar surface area (TPSA) is 0 Å². The van der Waals surface area contributed by atoms with E-state index in [2.05, 4.69) is 20.8 Å². The van der Waals surface area contributed by atoms with Crippen molar-refractivity contribution < 1.29 is 1.37 Å². The van der Waals surface area contributed by atoms with Gasteiger partial charge in [0.15, 0.2) is 0 Å². The third-order valence-electron chi connectivity index (χ3n) is 4.36. The fraction of sp³-hybridized carbons (Fsp3) is 1.00. The summed E-state index contributed by atoms with van der Waals surface area (Å²) in [4.78, 5) is 0. The normalized spacial score (nSPS) is 58.9. The summed E-state index contributed by atoms with van der Waals surface area (Å²) in [7, 11) is 0. The van der Waals surface area contributed by atoms with Gasteiger partial charge in [-0.15, -0.1) is 0 Å². The molecule has 0 radical (unpaired) electrons. The van der Waals surface area contributed by atoms with E-state index in [1.54, 1.807) is 0 Å². The van der Waals surface area contributed by atoms with Gasteiger partial charge in [-0.05, 0) is 42.4 Å². The van der Waals surface area contributed by atoms with Crippen LogP contribution in [-0.4, -0.2) is 0 Å². The molecule has 58 valence electrons. The van der Waals surface area contributed by atoms with Gasteiger partial charge in [0.1, 0.15) is 0 Å². The van der Waals surface area contributed by atoms with Gasteiger partial charge < -0.3 is 0 Å². The van der Waals surface area contributed by atoms with Gasteiger partial charge in [-0.3, -0.25) is 0 Å². The van der Waals surface area contributed by atoms with E-state index in [1.165, 1.54) is 12.8 Å². The zero-order chi connectivity index (χ0) is 8.28. The molecule has 0 aromatic heterocycles. The maximum absolute atomic E-state index is 7.97. The van der Waals surface area contributed by atoms with Gasteiger partial charge in [0, 0.05) is 1.37 Å². The molecule has 0 heterocycles. The third kappa shape index (κ3) is 0.538. The van der Waals surface area contributed by atoms with Crippen LogP contribution in [0.2, 0.25) is 0 Å². The predicted molar refractivity (Wildman–Crippen MR) is 43.8 cm³/mol. The molecule has 0 spiro atoms. The van der Waals surface area contributed by atoms with E-state index >= 15 is 0 Å². The number of rotatable bonds is 0. The molecular formula is C10H18. The predicted octanol–water partition coefficient (Wildman–Crippen LogP) is 3.22. The first-order chi connectivity index (χ1) is 4.98. The summed E-state index contributed by atoms with van der Waals surface area (Å²) in [5.41, 5.74) is 0.775. The molecule has 2 saturated carbocycles. The molecule has 0 unspecified atom stereocenters. The second-order valence-corrected chi connectivity index (χ2v) is 4.81. The van der Waals surface area contributed by atoms with Gasteiger partial charge in [0.2, 0.25) is 0 Å². The smallest absolute Gasteiger partial charge is 0.0272 e. The Morgan fingerprint density at radius 3 is 2.20 bits per heavy atom. The lowest BCUT2D eigenvalue weighted by atomic mass is 9.71. The minimum atomic E-state index is 0.219. The summed E-state index contributed by atoms with van der Waals surface area (Å²) in [6, 6.07) is 0. The van der Waals surface area contributed by atoms with Crippen LogP contribution < -0.4 is 0 Å². The highest BCUT2D eigenvalue weighted by molar-refractivity contribution is 5.05. The van der Waals surface area contributed by atoms with E-state index < -0.39 is 0 Å². The van der Waals surface area contributed by atoms with Crippen LogP contribution in [0, 0.1) is 16.7 Å². The van der Waals surface area contributed by atoms with Gasteiger partial charge in [-0.1, -0.05) is 20.8 Å². The van der Waals surface area contributed by atoms with Crippen molar-refractivity contribution in [3.05, 3.63) is 0 Å². The molecular weight excluding hydrogens is 120 g/mol. The summed E-state index contributed by atoms with van der Waals surface area (Å²) in [5, 5.41) is 0. The Kier molecular flexibility index (Phi) is 0.898. The Balaban J connectivity index is 2.40. The van der Waals surface area contributed by atoms with Crippen molar-refractivity contribution in [2.45, 2.75) is 46.4 Å². The molecule has 0 aliphatic heterocycles. The van der Waals surface area contributed by atoms with Crippen LogP contribution in [0.5, 0.6) is 0 Å². The van der Waals surface area contributed by atoms with E-state index in [-0.39, 0.29) is 6.40 Å². The van der Waals surface area contributed by atoms with Crippen molar-refractivity contribution in [3.63, 3.8) is 0 Å². The first kappa shape index (κ1) is 5.62. The van der Waals surface area contributed by atoms with Crippen molar-refractivity contribution in [2.24, 2.45) is 16.7 Å². The highest BCUT2D eigenvalue weighted by Gasteiger charge is 2.55. The average molecular weight is 139 g/mol. The van der Waals surface area contributed by atoms with Crippen LogP contribution in [0.25, 0.3) is 0 Å². The highest BCUT2D eigenvalue weighted by atomic mass is 14.6. The zero-order valence-electron chi connectivity index (χ0n) is 8.28. The maximum atomic E-state index is 7.97. The summed E-state index contributed by atoms with van der Waals surface area (Å²) < 4.78 is 7.97. The standard InChI is InChI=1S/C10H18/c1-9(2)8-4-6-10(9,3)7-5-8/h8H,4-7H2,1-3H3/t8-,10-/i6D/t6-,8-,10-/m0/s1. The fourth-order valence-electron chi connectivity index (χ4n) is 2.80. The van der Waals surface area contributed by atoms with Crippen LogP contribution in [0.15, 0.2) is 0 Å². The SMILES string of the molecule is [2H][C@H]1C[C@H]2CC[C@@]1(C)C2(C)C. The second-order valence-electron chi connectivity index (χ2n) is 4.81. The van der Waals surface area contributed by atoms with E-state index in [4.69, 9.17) is 1.37 Å². The molecule has 10 heavy (non-hydrogen) atoms. The molecule has 0 heteroatoms. The molecule has 2 rings (SSSR count). The van der Waals surface area contributed by atoms with Crippen molar-refractivity contribution in [3.8, 4) is 0 Å². The molecule has 0 amide bonds. The summed E-state index contributed by atoms with van der Waals surface area (Å²) in [5.74, 6) is 0.843. The van der Waals surface area contributed by atoms with Gasteiger partial charge >= 0.3 is 0 Å². The first-order valence-corrected chi connectivity index (χ1v) is 4.41. The summed E-state index contributed by atoms with van der Waals surface area (Å²) in [6.45, 7) is 7.04. The number of fused-ring (bicyclic) bond motifs is 2. The Bertz CT molecular complexity index is 185. The van der Waals surface area contributed by atoms with Crippen molar-refractivity contribution in [1.82, 2.24) is 0 Å².